The third-order valence-electron chi connectivity index (χ3n) is 5.24. The molecule has 1 aromatic rings. The van der Waals surface area contributed by atoms with E-state index in [0.717, 1.165) is 6.26 Å². The highest BCUT2D eigenvalue weighted by molar-refractivity contribution is 7.89. The van der Waals surface area contributed by atoms with Crippen LogP contribution in [0.25, 0.3) is 0 Å². The van der Waals surface area contributed by atoms with Gasteiger partial charge in [-0.2, -0.15) is 17.0 Å². The van der Waals surface area contributed by atoms with Crippen LogP contribution in [0.15, 0.2) is 24.3 Å². The van der Waals surface area contributed by atoms with Crippen molar-refractivity contribution in [3.63, 3.8) is 0 Å². The van der Waals surface area contributed by atoms with Gasteiger partial charge in [-0.1, -0.05) is 12.1 Å². The minimum atomic E-state index is -3.51. The molecule has 9 nitrogen and oxygen atoms in total. The normalized spacial score (nSPS) is 20.7. The summed E-state index contributed by atoms with van der Waals surface area (Å²) in [5.41, 5.74) is 0.983. The first kappa shape index (κ1) is 22.2. The van der Waals surface area contributed by atoms with E-state index in [1.165, 1.54) is 8.61 Å². The molecule has 29 heavy (non-hydrogen) atoms. The summed E-state index contributed by atoms with van der Waals surface area (Å²) in [4.78, 5) is 16.5. The molecule has 0 aromatic heterocycles. The molecule has 2 heterocycles. The predicted octanol–water partition coefficient (Wildman–Crippen LogP) is -0.519. The lowest BCUT2D eigenvalue weighted by atomic mass is 10.1. The number of hydrogen-bond acceptors (Lipinski definition) is 6. The topological polar surface area (TPSA) is 98.3 Å². The lowest BCUT2D eigenvalue weighted by Crippen LogP contribution is -2.57. The summed E-state index contributed by atoms with van der Waals surface area (Å²) in [5, 5.41) is 0. The van der Waals surface area contributed by atoms with Gasteiger partial charge in [0.15, 0.2) is 9.84 Å². The Bertz CT molecular complexity index is 948. The molecule has 2 saturated heterocycles. The largest absolute Gasteiger partial charge is 0.336 e. The summed E-state index contributed by atoms with van der Waals surface area (Å²) in [6, 6.07) is 6.60. The maximum absolute atomic E-state index is 12.8. The van der Waals surface area contributed by atoms with Crippen molar-refractivity contribution in [3.8, 4) is 0 Å². The Hall–Kier alpha value is -1.53. The van der Waals surface area contributed by atoms with Crippen molar-refractivity contribution in [3.05, 3.63) is 35.4 Å². The van der Waals surface area contributed by atoms with E-state index < -0.39 is 20.0 Å². The molecule has 0 aliphatic carbocycles. The zero-order chi connectivity index (χ0) is 21.2. The van der Waals surface area contributed by atoms with Crippen molar-refractivity contribution in [1.29, 1.82) is 0 Å². The van der Waals surface area contributed by atoms with Gasteiger partial charge in [0.25, 0.3) is 16.1 Å². The number of rotatable bonds is 5. The fraction of sp³-hybridized carbons (Fsp3) is 0.611. The smallest absolute Gasteiger partial charge is 0.282 e. The molecule has 2 fully saturated rings. The monoisotopic (exact) mass is 444 g/mol. The molecule has 2 aliphatic rings. The molecule has 0 atom stereocenters. The van der Waals surface area contributed by atoms with Gasteiger partial charge in [-0.3, -0.25) is 4.79 Å². The van der Waals surface area contributed by atoms with Crippen LogP contribution in [0.2, 0.25) is 0 Å². The Balaban J connectivity index is 1.62. The third kappa shape index (κ3) is 5.54. The molecular formula is C18H28N4O5S2. The predicted molar refractivity (Wildman–Crippen MR) is 110 cm³/mol. The van der Waals surface area contributed by atoms with Crippen molar-refractivity contribution < 1.29 is 21.6 Å². The SMILES string of the molecule is CN1CCN(S(=O)(=O)N2CCN(C(=O)c3cccc(CS(C)(=O)=O)c3)CC2)CC1. The van der Waals surface area contributed by atoms with Crippen LogP contribution in [0.4, 0.5) is 0 Å². The van der Waals surface area contributed by atoms with Crippen molar-refractivity contribution in [2.75, 3.05) is 65.7 Å². The average Bonchev–Trinajstić information content (AvgIpc) is 2.67. The molecule has 0 bridgehead atoms. The fourth-order valence-corrected chi connectivity index (χ4v) is 5.94. The van der Waals surface area contributed by atoms with Gasteiger partial charge in [0.2, 0.25) is 0 Å². The molecular weight excluding hydrogens is 416 g/mol. The summed E-state index contributed by atoms with van der Waals surface area (Å²) in [7, 11) is -4.73. The van der Waals surface area contributed by atoms with Crippen LogP contribution in [0, 0.1) is 0 Å². The van der Waals surface area contributed by atoms with Gasteiger partial charge in [0, 0.05) is 64.2 Å². The maximum atomic E-state index is 12.8. The van der Waals surface area contributed by atoms with E-state index in [-0.39, 0.29) is 24.7 Å². The summed E-state index contributed by atoms with van der Waals surface area (Å²) < 4.78 is 51.6. The van der Waals surface area contributed by atoms with Crippen LogP contribution in [0.5, 0.6) is 0 Å². The second-order valence-corrected chi connectivity index (χ2v) is 11.7. The number of carbonyl (C=O) groups is 1. The van der Waals surface area contributed by atoms with Crippen LogP contribution < -0.4 is 0 Å². The first-order valence-electron chi connectivity index (χ1n) is 9.56. The number of sulfone groups is 1. The minimum Gasteiger partial charge on any atom is -0.336 e. The summed E-state index contributed by atoms with van der Waals surface area (Å²) in [5.74, 6) is -0.331. The van der Waals surface area contributed by atoms with Crippen molar-refractivity contribution in [2.45, 2.75) is 5.75 Å². The number of hydrogen-bond donors (Lipinski definition) is 0. The summed E-state index contributed by atoms with van der Waals surface area (Å²) >= 11 is 0. The number of carbonyl (C=O) groups excluding carboxylic acids is 1. The third-order valence-corrected chi connectivity index (χ3v) is 8.14. The average molecular weight is 445 g/mol. The van der Waals surface area contributed by atoms with E-state index in [1.807, 2.05) is 7.05 Å². The van der Waals surface area contributed by atoms with Crippen LogP contribution in [-0.2, 0) is 25.8 Å². The molecule has 0 spiro atoms. The Morgan fingerprint density at radius 1 is 0.897 bits per heavy atom. The number of amides is 1. The van der Waals surface area contributed by atoms with Gasteiger partial charge < -0.3 is 9.80 Å². The van der Waals surface area contributed by atoms with Gasteiger partial charge in [-0.25, -0.2) is 8.42 Å². The van der Waals surface area contributed by atoms with E-state index in [9.17, 15) is 21.6 Å². The van der Waals surface area contributed by atoms with Gasteiger partial charge in [0.1, 0.15) is 0 Å². The fourth-order valence-electron chi connectivity index (χ4n) is 3.58. The highest BCUT2D eigenvalue weighted by Gasteiger charge is 2.34. The molecule has 3 rings (SSSR count). The van der Waals surface area contributed by atoms with Gasteiger partial charge in [-0.05, 0) is 24.7 Å². The van der Waals surface area contributed by atoms with Crippen LogP contribution in [0.3, 0.4) is 0 Å². The Morgan fingerprint density at radius 3 is 2.00 bits per heavy atom. The molecule has 0 saturated carbocycles. The van der Waals surface area contributed by atoms with Crippen LogP contribution >= 0.6 is 0 Å². The van der Waals surface area contributed by atoms with E-state index in [2.05, 4.69) is 4.90 Å². The minimum absolute atomic E-state index is 0.120. The molecule has 0 unspecified atom stereocenters. The Morgan fingerprint density at radius 2 is 1.45 bits per heavy atom. The maximum Gasteiger partial charge on any atom is 0.282 e. The van der Waals surface area contributed by atoms with E-state index in [1.54, 1.807) is 29.2 Å². The zero-order valence-corrected chi connectivity index (χ0v) is 18.5. The number of benzene rings is 1. The van der Waals surface area contributed by atoms with E-state index in [0.29, 0.717) is 50.4 Å². The van der Waals surface area contributed by atoms with E-state index >= 15 is 0 Å². The van der Waals surface area contributed by atoms with E-state index in [4.69, 9.17) is 0 Å². The van der Waals surface area contributed by atoms with Crippen molar-refractivity contribution in [2.24, 2.45) is 0 Å². The standard InChI is InChI=1S/C18H28N4O5S2/c1-19-6-10-21(11-7-19)29(26,27)22-12-8-20(9-13-22)18(23)17-5-3-4-16(14-17)15-28(2,24)25/h3-5,14H,6-13,15H2,1-2H3. The zero-order valence-electron chi connectivity index (χ0n) is 16.8. The van der Waals surface area contributed by atoms with Gasteiger partial charge >= 0.3 is 0 Å². The molecule has 0 N–H and O–H groups in total. The number of piperazine rings is 2. The van der Waals surface area contributed by atoms with Crippen molar-refractivity contribution in [1.82, 2.24) is 18.4 Å². The lowest BCUT2D eigenvalue weighted by Gasteiger charge is -2.39. The second-order valence-electron chi connectivity index (χ2n) is 7.67. The summed E-state index contributed by atoms with van der Waals surface area (Å²) in [6.45, 7) is 3.50. The first-order chi connectivity index (χ1) is 13.6. The Labute approximate surface area is 173 Å². The molecule has 11 heteroatoms. The number of likely N-dealkylation sites (N-methyl/N-ethyl adjacent to an activating group) is 1. The van der Waals surface area contributed by atoms with Crippen LogP contribution in [-0.4, -0.2) is 107 Å². The molecule has 1 amide bonds. The second kappa shape index (κ2) is 8.68. The summed E-state index contributed by atoms with van der Waals surface area (Å²) in [6.07, 6.45) is 1.15. The highest BCUT2D eigenvalue weighted by atomic mass is 32.2. The molecule has 162 valence electrons. The van der Waals surface area contributed by atoms with Gasteiger partial charge in [-0.15, -0.1) is 0 Å². The lowest BCUT2D eigenvalue weighted by molar-refractivity contribution is 0.0692. The first-order valence-corrected chi connectivity index (χ1v) is 13.0. The quantitative estimate of drug-likeness (QED) is 0.606. The van der Waals surface area contributed by atoms with Crippen molar-refractivity contribution >= 4 is 26.0 Å². The molecule has 2 aliphatic heterocycles. The molecule has 1 aromatic carbocycles. The number of nitrogens with zero attached hydrogens (tertiary/aromatic N) is 4. The Kier molecular flexibility index (Phi) is 6.64. The molecule has 0 radical (unpaired) electrons. The highest BCUT2D eigenvalue weighted by Crippen LogP contribution is 2.17. The van der Waals surface area contributed by atoms with Gasteiger partial charge in [0.05, 0.1) is 5.75 Å². The van der Waals surface area contributed by atoms with Crippen LogP contribution in [0.1, 0.15) is 15.9 Å².